The van der Waals surface area contributed by atoms with Gasteiger partial charge in [0.05, 0.1) is 6.54 Å². The third-order valence-corrected chi connectivity index (χ3v) is 3.02. The van der Waals surface area contributed by atoms with Crippen LogP contribution in [0.25, 0.3) is 0 Å². The fraction of sp³-hybridized carbons (Fsp3) is 0.333. The molecule has 1 N–H and O–H groups in total. The van der Waals surface area contributed by atoms with Gasteiger partial charge in [0.25, 0.3) is 0 Å². The largest absolute Gasteiger partial charge is 0.481 e. The fourth-order valence-electron chi connectivity index (χ4n) is 1.60. The first-order valence-electron chi connectivity index (χ1n) is 5.34. The molecule has 1 aromatic carbocycles. The first kappa shape index (κ1) is 12.1. The van der Waals surface area contributed by atoms with E-state index < -0.39 is 5.97 Å². The summed E-state index contributed by atoms with van der Waals surface area (Å²) in [6.07, 6.45) is 0.511. The summed E-state index contributed by atoms with van der Waals surface area (Å²) in [6, 6.07) is 7.68. The molecule has 0 bridgehead atoms. The molecule has 0 aromatic heterocycles. The van der Waals surface area contributed by atoms with E-state index >= 15 is 0 Å². The molecule has 17 heavy (non-hydrogen) atoms. The summed E-state index contributed by atoms with van der Waals surface area (Å²) < 4.78 is 6.61. The van der Waals surface area contributed by atoms with E-state index in [9.17, 15) is 4.79 Å². The molecule has 90 valence electrons. The highest BCUT2D eigenvalue weighted by atomic mass is 79.9. The van der Waals surface area contributed by atoms with Gasteiger partial charge in [0, 0.05) is 16.5 Å². The number of benzene rings is 1. The molecule has 0 saturated carbocycles. The van der Waals surface area contributed by atoms with E-state index in [0.29, 0.717) is 18.9 Å². The van der Waals surface area contributed by atoms with E-state index in [4.69, 9.17) is 9.84 Å². The smallest absolute Gasteiger partial charge is 0.303 e. The number of halogens is 1. The maximum absolute atomic E-state index is 10.4. The van der Waals surface area contributed by atoms with Crippen molar-refractivity contribution in [2.24, 2.45) is 4.99 Å². The summed E-state index contributed by atoms with van der Waals surface area (Å²) in [7, 11) is 0. The minimum absolute atomic E-state index is 0.107. The van der Waals surface area contributed by atoms with Crippen LogP contribution in [0.5, 0.6) is 0 Å². The first-order chi connectivity index (χ1) is 8.15. The minimum atomic E-state index is -0.800. The van der Waals surface area contributed by atoms with Gasteiger partial charge in [0.2, 0.25) is 5.90 Å². The van der Waals surface area contributed by atoms with Crippen molar-refractivity contribution in [3.63, 3.8) is 0 Å². The standard InChI is InChI=1S/C12H12BrNO3/c13-9-3-1-8(2-4-9)12-14-7-10(17-12)5-6-11(15)16/h1-4,10H,5-7H2,(H,15,16). The number of hydrogen-bond donors (Lipinski definition) is 1. The molecule has 4 nitrogen and oxygen atoms in total. The Morgan fingerprint density at radius 3 is 2.82 bits per heavy atom. The van der Waals surface area contributed by atoms with E-state index in [2.05, 4.69) is 20.9 Å². The van der Waals surface area contributed by atoms with Crippen molar-refractivity contribution in [2.75, 3.05) is 6.54 Å². The zero-order valence-electron chi connectivity index (χ0n) is 9.10. The molecule has 1 heterocycles. The second-order valence-electron chi connectivity index (χ2n) is 3.83. The summed E-state index contributed by atoms with van der Waals surface area (Å²) in [5, 5.41) is 8.59. The van der Waals surface area contributed by atoms with E-state index in [1.807, 2.05) is 24.3 Å². The second kappa shape index (κ2) is 5.31. The number of aliphatic imine (C=N–C) groups is 1. The molecule has 2 rings (SSSR count). The van der Waals surface area contributed by atoms with Crippen molar-refractivity contribution < 1.29 is 14.6 Å². The van der Waals surface area contributed by atoms with Crippen molar-refractivity contribution >= 4 is 27.8 Å². The molecule has 0 fully saturated rings. The van der Waals surface area contributed by atoms with Crippen molar-refractivity contribution in [1.29, 1.82) is 0 Å². The Bertz CT molecular complexity index is 442. The summed E-state index contributed by atoms with van der Waals surface area (Å²) in [4.78, 5) is 14.7. The molecule has 1 aromatic rings. The molecule has 1 unspecified atom stereocenters. The molecule has 5 heteroatoms. The molecular weight excluding hydrogens is 286 g/mol. The predicted molar refractivity (Wildman–Crippen MR) is 67.3 cm³/mol. The maximum Gasteiger partial charge on any atom is 0.303 e. The summed E-state index contributed by atoms with van der Waals surface area (Å²) in [6.45, 7) is 0.540. The summed E-state index contributed by atoms with van der Waals surface area (Å²) in [5.74, 6) is -0.196. The van der Waals surface area contributed by atoms with Crippen molar-refractivity contribution in [2.45, 2.75) is 18.9 Å². The second-order valence-corrected chi connectivity index (χ2v) is 4.74. The number of hydrogen-bond acceptors (Lipinski definition) is 3. The lowest BCUT2D eigenvalue weighted by Crippen LogP contribution is -2.15. The lowest BCUT2D eigenvalue weighted by molar-refractivity contribution is -0.137. The van der Waals surface area contributed by atoms with E-state index in [-0.39, 0.29) is 12.5 Å². The van der Waals surface area contributed by atoms with Crippen LogP contribution >= 0.6 is 15.9 Å². The fourth-order valence-corrected chi connectivity index (χ4v) is 1.87. The quantitative estimate of drug-likeness (QED) is 0.929. The Morgan fingerprint density at radius 2 is 2.18 bits per heavy atom. The number of rotatable bonds is 4. The summed E-state index contributed by atoms with van der Waals surface area (Å²) in [5.41, 5.74) is 0.922. The minimum Gasteiger partial charge on any atom is -0.481 e. The zero-order chi connectivity index (χ0) is 12.3. The van der Waals surface area contributed by atoms with Crippen LogP contribution in [0.15, 0.2) is 33.7 Å². The normalized spacial score (nSPS) is 18.6. The molecule has 1 atom stereocenters. The van der Waals surface area contributed by atoms with E-state index in [1.165, 1.54) is 0 Å². The van der Waals surface area contributed by atoms with Gasteiger partial charge in [0.1, 0.15) is 6.10 Å². The molecule has 0 saturated heterocycles. The molecule has 0 radical (unpaired) electrons. The monoisotopic (exact) mass is 297 g/mol. The molecule has 1 aliphatic rings. The van der Waals surface area contributed by atoms with E-state index in [0.717, 1.165) is 10.0 Å². The topological polar surface area (TPSA) is 58.9 Å². The Kier molecular flexibility index (Phi) is 3.78. The number of nitrogens with zero attached hydrogens (tertiary/aromatic N) is 1. The van der Waals surface area contributed by atoms with Crippen LogP contribution in [0.4, 0.5) is 0 Å². The van der Waals surface area contributed by atoms with Gasteiger partial charge >= 0.3 is 5.97 Å². The zero-order valence-corrected chi connectivity index (χ0v) is 10.7. The third kappa shape index (κ3) is 3.30. The number of aliphatic carboxylic acids is 1. The highest BCUT2D eigenvalue weighted by molar-refractivity contribution is 9.10. The van der Waals surface area contributed by atoms with Gasteiger partial charge in [-0.05, 0) is 30.7 Å². The molecule has 0 aliphatic carbocycles. The van der Waals surface area contributed by atoms with Crippen LogP contribution in [0, 0.1) is 0 Å². The Morgan fingerprint density at radius 1 is 1.47 bits per heavy atom. The Hall–Kier alpha value is -1.36. The van der Waals surface area contributed by atoms with Gasteiger partial charge in [-0.2, -0.15) is 0 Å². The average molecular weight is 298 g/mol. The number of carboxylic acid groups (broad SMARTS) is 1. The van der Waals surface area contributed by atoms with Gasteiger partial charge in [-0.25, -0.2) is 4.99 Å². The average Bonchev–Trinajstić information content (AvgIpc) is 2.76. The van der Waals surface area contributed by atoms with Gasteiger partial charge in [-0.3, -0.25) is 4.79 Å². The SMILES string of the molecule is O=C(O)CCC1CN=C(c2ccc(Br)cc2)O1. The Balaban J connectivity index is 1.93. The van der Waals surface area contributed by atoms with Crippen LogP contribution in [-0.4, -0.2) is 29.6 Å². The first-order valence-corrected chi connectivity index (χ1v) is 6.13. The highest BCUT2D eigenvalue weighted by Crippen LogP contribution is 2.17. The highest BCUT2D eigenvalue weighted by Gasteiger charge is 2.21. The van der Waals surface area contributed by atoms with Crippen LogP contribution in [0.3, 0.4) is 0 Å². The molecule has 0 amide bonds. The van der Waals surface area contributed by atoms with Gasteiger partial charge in [-0.15, -0.1) is 0 Å². The predicted octanol–water partition coefficient (Wildman–Crippen LogP) is 2.46. The lowest BCUT2D eigenvalue weighted by Gasteiger charge is -2.09. The van der Waals surface area contributed by atoms with Crippen LogP contribution in [0.1, 0.15) is 18.4 Å². The number of carboxylic acids is 1. The Labute approximate surface area is 107 Å². The third-order valence-electron chi connectivity index (χ3n) is 2.49. The lowest BCUT2D eigenvalue weighted by atomic mass is 10.2. The summed E-state index contributed by atoms with van der Waals surface area (Å²) >= 11 is 3.36. The van der Waals surface area contributed by atoms with Gasteiger partial charge < -0.3 is 9.84 Å². The molecular formula is C12H12BrNO3. The molecule has 0 spiro atoms. The van der Waals surface area contributed by atoms with Crippen LogP contribution in [-0.2, 0) is 9.53 Å². The molecule has 1 aliphatic heterocycles. The van der Waals surface area contributed by atoms with E-state index in [1.54, 1.807) is 0 Å². The van der Waals surface area contributed by atoms with Crippen molar-refractivity contribution in [3.05, 3.63) is 34.3 Å². The van der Waals surface area contributed by atoms with Crippen molar-refractivity contribution in [3.8, 4) is 0 Å². The van der Waals surface area contributed by atoms with Gasteiger partial charge in [-0.1, -0.05) is 15.9 Å². The number of carbonyl (C=O) groups is 1. The van der Waals surface area contributed by atoms with Crippen molar-refractivity contribution in [1.82, 2.24) is 0 Å². The number of ether oxygens (including phenoxy) is 1. The van der Waals surface area contributed by atoms with Gasteiger partial charge in [0.15, 0.2) is 0 Å². The van der Waals surface area contributed by atoms with Crippen LogP contribution < -0.4 is 0 Å². The maximum atomic E-state index is 10.4. The van der Waals surface area contributed by atoms with Crippen LogP contribution in [0.2, 0.25) is 0 Å².